The van der Waals surface area contributed by atoms with E-state index in [9.17, 15) is 70.2 Å². The minimum atomic E-state index is -2.28. The van der Waals surface area contributed by atoms with Crippen LogP contribution in [0.2, 0.25) is 0 Å². The summed E-state index contributed by atoms with van der Waals surface area (Å²) >= 11 is 0. The molecule has 3 fully saturated rings. The van der Waals surface area contributed by atoms with Gasteiger partial charge in [0.25, 0.3) is 0 Å². The van der Waals surface area contributed by atoms with E-state index in [1.54, 1.807) is 117 Å². The van der Waals surface area contributed by atoms with E-state index in [1.165, 1.54) is 4.90 Å². The number of ketones is 2. The van der Waals surface area contributed by atoms with Crippen molar-refractivity contribution in [1.29, 1.82) is 0 Å². The predicted octanol–water partition coefficient (Wildman–Crippen LogP) is 2.52. The Morgan fingerprint density at radius 1 is 0.729 bits per heavy atom. The molecule has 0 aliphatic carbocycles. The van der Waals surface area contributed by atoms with Crippen LogP contribution in [0.3, 0.4) is 0 Å². The highest BCUT2D eigenvalue weighted by atomic mass is 16.7. The molecule has 19 unspecified atom stereocenters. The number of cyclic esters (lactones) is 1. The van der Waals surface area contributed by atoms with Crippen molar-refractivity contribution in [2.75, 3.05) is 38.7 Å². The standard InChI is InChI=1S/C63H93N3O19/c1-39-17-15-13-11-9-7-5-6-8-10-12-14-16-18-51(83-62-59(78)57(64)58(77)41(3)82-62)36-54-56(61(79)66-25-27-81-28-26-66)53(75)38-63(80,85-54)37-50(73)33-48(71)31-46(69)29-45(68)30-47(70)32-49(72)35-55(76)84-60(39)40(2)19-24-44(67)34-52(74)42-20-22-43(65-4)23-21-42/h5-18,20-23,39-41,44-46,48-51,53-54,56-60,62,65,67-69,71-73,75,77-78,80H,19,24-38,64H2,1-4H3/b6-5-,9-7-,10-8-,13-11-,14-12-,17-15?,18-16?. The molecule has 13 N–H and O–H groups in total. The Labute approximate surface area is 498 Å². The summed E-state index contributed by atoms with van der Waals surface area (Å²) in [6.07, 6.45) is 3.42. The molecule has 0 aromatic heterocycles. The van der Waals surface area contributed by atoms with E-state index in [2.05, 4.69) is 5.32 Å². The fourth-order valence-corrected chi connectivity index (χ4v) is 11.1. The Kier molecular flexibility index (Phi) is 29.6. The lowest BCUT2D eigenvalue weighted by atomic mass is 9.81. The first-order valence-electron chi connectivity index (χ1n) is 29.6. The lowest BCUT2D eigenvalue weighted by Crippen LogP contribution is -2.62. The number of carbonyl (C=O) groups excluding carboxylic acids is 4. The van der Waals surface area contributed by atoms with Crippen molar-refractivity contribution in [2.24, 2.45) is 23.5 Å². The molecule has 5 rings (SSSR count). The van der Waals surface area contributed by atoms with Crippen LogP contribution in [0.1, 0.15) is 108 Å². The largest absolute Gasteiger partial charge is 0.461 e. The highest BCUT2D eigenvalue weighted by Crippen LogP contribution is 2.39. The third-order valence-electron chi connectivity index (χ3n) is 15.7. The highest BCUT2D eigenvalue weighted by Gasteiger charge is 2.52. The van der Waals surface area contributed by atoms with Gasteiger partial charge in [0, 0.05) is 75.8 Å². The fourth-order valence-electron chi connectivity index (χ4n) is 11.1. The molecule has 3 saturated heterocycles. The van der Waals surface area contributed by atoms with Crippen LogP contribution >= 0.6 is 0 Å². The summed E-state index contributed by atoms with van der Waals surface area (Å²) < 4.78 is 29.8. The maximum absolute atomic E-state index is 14.2. The quantitative estimate of drug-likeness (QED) is 0.112. The van der Waals surface area contributed by atoms with Gasteiger partial charge in [0.15, 0.2) is 17.9 Å². The van der Waals surface area contributed by atoms with Crippen molar-refractivity contribution in [3.63, 3.8) is 0 Å². The molecule has 0 saturated carbocycles. The van der Waals surface area contributed by atoms with Crippen molar-refractivity contribution in [1.82, 2.24) is 4.90 Å². The van der Waals surface area contributed by atoms with E-state index in [-0.39, 0.29) is 76.0 Å². The summed E-state index contributed by atoms with van der Waals surface area (Å²) in [6.45, 7) is 6.24. The number of amides is 1. The molecule has 474 valence electrons. The zero-order valence-electron chi connectivity index (χ0n) is 49.3. The monoisotopic (exact) mass is 1200 g/mol. The number of anilines is 1. The number of Topliss-reactive ketones (excluding diaryl/α,β-unsaturated/α-hetero) is 2. The summed E-state index contributed by atoms with van der Waals surface area (Å²) in [7, 11) is 1.77. The number of carbonyl (C=O) groups is 4. The SMILES string of the molecule is CNc1ccc(C(=O)CC(O)CCC(C)C2OC(=O)CC(O)CC(=O)CC(O)CC(O)CC(O)CC(O)CC3(O)CC(O)C(C(=O)N4CCOCC4)C(CC(OC4OC(C)C(O)C(N)C4O)C=C\C=C/C=C\C=C/C=C\C=C/C=CC2C)O3)cc1. The topological polar surface area (TPSA) is 358 Å². The van der Waals surface area contributed by atoms with Gasteiger partial charge in [-0.2, -0.15) is 0 Å². The molecule has 4 aliphatic rings. The molecule has 4 aliphatic heterocycles. The van der Waals surface area contributed by atoms with Crippen LogP contribution in [-0.4, -0.2) is 210 Å². The number of esters is 1. The van der Waals surface area contributed by atoms with Gasteiger partial charge in [0.05, 0.1) is 98.7 Å². The van der Waals surface area contributed by atoms with Crippen LogP contribution < -0.4 is 11.1 Å². The number of morpholine rings is 1. The maximum atomic E-state index is 14.2. The second-order valence-corrected chi connectivity index (χ2v) is 23.0. The number of hydrogen-bond donors (Lipinski definition) is 12. The summed E-state index contributed by atoms with van der Waals surface area (Å²) in [6, 6.07) is 5.78. The zero-order valence-corrected chi connectivity index (χ0v) is 49.3. The zero-order chi connectivity index (χ0) is 62.2. The van der Waals surface area contributed by atoms with E-state index in [4.69, 9.17) is 29.4 Å². The van der Waals surface area contributed by atoms with Gasteiger partial charge in [-0.05, 0) is 69.2 Å². The van der Waals surface area contributed by atoms with Gasteiger partial charge in [-0.25, -0.2) is 0 Å². The van der Waals surface area contributed by atoms with Crippen LogP contribution in [0.5, 0.6) is 0 Å². The average Bonchev–Trinajstić information content (AvgIpc) is 1.91. The van der Waals surface area contributed by atoms with Crippen LogP contribution in [0.15, 0.2) is 109 Å². The van der Waals surface area contributed by atoms with Crippen LogP contribution in [0.4, 0.5) is 5.69 Å². The number of benzene rings is 1. The van der Waals surface area contributed by atoms with E-state index in [0.717, 1.165) is 5.69 Å². The molecular formula is C63H93N3O19. The summed E-state index contributed by atoms with van der Waals surface area (Å²) in [4.78, 5) is 55.1. The number of nitrogens with zero attached hydrogens (tertiary/aromatic N) is 1. The molecule has 1 aromatic carbocycles. The Morgan fingerprint density at radius 3 is 1.91 bits per heavy atom. The van der Waals surface area contributed by atoms with Gasteiger partial charge in [0.2, 0.25) is 5.91 Å². The smallest absolute Gasteiger partial charge is 0.308 e. The normalized spacial score (nSPS) is 36.9. The molecule has 2 bridgehead atoms. The molecule has 1 aromatic rings. The average molecular weight is 1200 g/mol. The van der Waals surface area contributed by atoms with Crippen molar-refractivity contribution in [3.8, 4) is 0 Å². The minimum Gasteiger partial charge on any atom is -0.461 e. The van der Waals surface area contributed by atoms with Crippen molar-refractivity contribution < 1.29 is 93.9 Å². The number of nitrogens with one attached hydrogen (secondary N) is 1. The predicted molar refractivity (Wildman–Crippen MR) is 315 cm³/mol. The third kappa shape index (κ3) is 23.8. The second kappa shape index (κ2) is 35.6. The Hall–Kier alpha value is -5.12. The van der Waals surface area contributed by atoms with E-state index in [0.29, 0.717) is 12.0 Å². The minimum absolute atomic E-state index is 0.102. The summed E-state index contributed by atoms with van der Waals surface area (Å²) in [5.74, 6) is -6.32. The van der Waals surface area contributed by atoms with Gasteiger partial charge < -0.3 is 90.7 Å². The van der Waals surface area contributed by atoms with Crippen LogP contribution in [0.25, 0.3) is 0 Å². The second-order valence-electron chi connectivity index (χ2n) is 23.0. The van der Waals surface area contributed by atoms with Crippen LogP contribution in [0, 0.1) is 17.8 Å². The number of aliphatic hydroxyl groups is 10. The first kappa shape index (κ1) is 70.6. The Bertz CT molecular complexity index is 2440. The summed E-state index contributed by atoms with van der Waals surface area (Å²) in [5.41, 5.74) is 7.45. The molecule has 0 spiro atoms. The number of fused-ring (bicyclic) bond motifs is 2. The number of rotatable bonds is 11. The number of hydrogen-bond acceptors (Lipinski definition) is 21. The van der Waals surface area contributed by atoms with Crippen molar-refractivity contribution in [3.05, 3.63) is 115 Å². The van der Waals surface area contributed by atoms with E-state index >= 15 is 0 Å². The molecule has 1 amide bonds. The fraction of sp³-hybridized carbons (Fsp3) is 0.619. The molecule has 4 heterocycles. The number of ether oxygens (including phenoxy) is 5. The number of allylic oxidation sites excluding steroid dienone is 12. The van der Waals surface area contributed by atoms with Gasteiger partial charge in [-0.1, -0.05) is 98.9 Å². The molecule has 19 atom stereocenters. The van der Waals surface area contributed by atoms with Gasteiger partial charge in [0.1, 0.15) is 18.0 Å². The van der Waals surface area contributed by atoms with Crippen molar-refractivity contribution in [2.45, 2.75) is 195 Å². The highest BCUT2D eigenvalue weighted by molar-refractivity contribution is 5.96. The number of aliphatic hydroxyl groups excluding tert-OH is 9. The van der Waals surface area contributed by atoms with Crippen molar-refractivity contribution >= 4 is 29.1 Å². The van der Waals surface area contributed by atoms with Gasteiger partial charge in [-0.15, -0.1) is 0 Å². The third-order valence-corrected chi connectivity index (χ3v) is 15.7. The maximum Gasteiger partial charge on any atom is 0.308 e. The van der Waals surface area contributed by atoms with Crippen LogP contribution in [-0.2, 0) is 38.1 Å². The van der Waals surface area contributed by atoms with E-state index < -0.39 is 160 Å². The Balaban J connectivity index is 1.35. The molecule has 85 heavy (non-hydrogen) atoms. The van der Waals surface area contributed by atoms with Gasteiger partial charge in [-0.3, -0.25) is 19.2 Å². The first-order valence-corrected chi connectivity index (χ1v) is 29.6. The molecule has 22 heteroatoms. The van der Waals surface area contributed by atoms with Gasteiger partial charge >= 0.3 is 5.97 Å². The first-order chi connectivity index (χ1) is 40.4. The molecular weight excluding hydrogens is 1100 g/mol. The number of nitrogens with two attached hydrogens (primary N) is 1. The summed E-state index contributed by atoms with van der Waals surface area (Å²) in [5, 5.41) is 114. The molecule has 22 nitrogen and oxygen atoms in total. The lowest BCUT2D eigenvalue weighted by Gasteiger charge is -2.47. The lowest BCUT2D eigenvalue weighted by molar-refractivity contribution is -0.308. The Morgan fingerprint density at radius 2 is 1.29 bits per heavy atom. The van der Waals surface area contributed by atoms with E-state index in [1.807, 2.05) is 19.9 Å². The molecule has 0 radical (unpaired) electrons.